The van der Waals surface area contributed by atoms with Crippen LogP contribution in [0.5, 0.6) is 11.5 Å². The second kappa shape index (κ2) is 10.0. The second-order valence-corrected chi connectivity index (χ2v) is 7.30. The molecule has 0 aliphatic heterocycles. The second-order valence-electron chi connectivity index (χ2n) is 6.89. The van der Waals surface area contributed by atoms with Gasteiger partial charge in [-0.3, -0.25) is 9.59 Å². The van der Waals surface area contributed by atoms with E-state index >= 15 is 0 Å². The molecular formula is C23H23ClN2O5. The molecule has 31 heavy (non-hydrogen) atoms. The molecule has 2 aromatic carbocycles. The Morgan fingerprint density at radius 2 is 1.84 bits per heavy atom. The van der Waals surface area contributed by atoms with E-state index in [0.29, 0.717) is 22.3 Å². The highest BCUT2D eigenvalue weighted by molar-refractivity contribution is 6.33. The molecule has 0 aliphatic carbocycles. The molecule has 1 heterocycles. The predicted octanol–water partition coefficient (Wildman–Crippen LogP) is 4.01. The molecule has 2 amide bonds. The van der Waals surface area contributed by atoms with Gasteiger partial charge in [-0.05, 0) is 42.0 Å². The summed E-state index contributed by atoms with van der Waals surface area (Å²) in [4.78, 5) is 25.6. The molecule has 0 saturated heterocycles. The fraction of sp³-hybridized carbons (Fsp3) is 0.217. The van der Waals surface area contributed by atoms with Gasteiger partial charge in [0, 0.05) is 26.2 Å². The van der Waals surface area contributed by atoms with Gasteiger partial charge < -0.3 is 24.1 Å². The van der Waals surface area contributed by atoms with Crippen LogP contribution in [0.4, 0.5) is 0 Å². The average molecular weight is 443 g/mol. The molecule has 0 aliphatic rings. The lowest BCUT2D eigenvalue weighted by molar-refractivity contribution is -0.130. The van der Waals surface area contributed by atoms with Crippen molar-refractivity contribution in [2.45, 2.75) is 6.54 Å². The number of likely N-dealkylation sites (N-methyl/N-ethyl adjacent to an activating group) is 1. The van der Waals surface area contributed by atoms with E-state index in [2.05, 4.69) is 5.32 Å². The van der Waals surface area contributed by atoms with Crippen LogP contribution < -0.4 is 14.8 Å². The van der Waals surface area contributed by atoms with Gasteiger partial charge in [-0.1, -0.05) is 29.8 Å². The first kappa shape index (κ1) is 22.2. The summed E-state index contributed by atoms with van der Waals surface area (Å²) in [5.41, 5.74) is 1.52. The van der Waals surface area contributed by atoms with Gasteiger partial charge in [0.15, 0.2) is 23.9 Å². The first-order valence-corrected chi connectivity index (χ1v) is 9.89. The third-order valence-electron chi connectivity index (χ3n) is 4.50. The maximum absolute atomic E-state index is 12.5. The predicted molar refractivity (Wildman–Crippen MR) is 118 cm³/mol. The van der Waals surface area contributed by atoms with E-state index in [1.165, 1.54) is 12.0 Å². The summed E-state index contributed by atoms with van der Waals surface area (Å²) >= 11 is 6.18. The highest BCUT2D eigenvalue weighted by Gasteiger charge is 2.15. The number of carbonyl (C=O) groups is 2. The van der Waals surface area contributed by atoms with Crippen LogP contribution in [0.25, 0.3) is 11.3 Å². The monoisotopic (exact) mass is 442 g/mol. The normalized spacial score (nSPS) is 10.5. The first-order valence-electron chi connectivity index (χ1n) is 9.52. The Bertz CT molecular complexity index is 1080. The number of benzene rings is 2. The van der Waals surface area contributed by atoms with Crippen molar-refractivity contribution in [2.24, 2.45) is 0 Å². The summed E-state index contributed by atoms with van der Waals surface area (Å²) in [5.74, 6) is 1.11. The molecule has 8 heteroatoms. The first-order chi connectivity index (χ1) is 14.9. The smallest absolute Gasteiger partial charge is 0.287 e. The Morgan fingerprint density at radius 3 is 2.55 bits per heavy atom. The van der Waals surface area contributed by atoms with Gasteiger partial charge in [0.2, 0.25) is 0 Å². The van der Waals surface area contributed by atoms with Crippen molar-refractivity contribution < 1.29 is 23.5 Å². The lowest BCUT2D eigenvalue weighted by Gasteiger charge is -2.14. The van der Waals surface area contributed by atoms with Crippen molar-refractivity contribution >= 4 is 23.4 Å². The van der Waals surface area contributed by atoms with Crippen molar-refractivity contribution in [2.75, 3.05) is 27.8 Å². The van der Waals surface area contributed by atoms with Crippen molar-refractivity contribution in [1.29, 1.82) is 0 Å². The number of nitrogens with one attached hydrogen (secondary N) is 1. The molecule has 3 rings (SSSR count). The number of hydrogen-bond acceptors (Lipinski definition) is 5. The fourth-order valence-electron chi connectivity index (χ4n) is 2.74. The minimum Gasteiger partial charge on any atom is -0.493 e. The third kappa shape index (κ3) is 5.58. The summed E-state index contributed by atoms with van der Waals surface area (Å²) in [7, 11) is 4.83. The molecule has 0 fully saturated rings. The van der Waals surface area contributed by atoms with Crippen LogP contribution in [0.2, 0.25) is 5.02 Å². The number of furan rings is 1. The van der Waals surface area contributed by atoms with Gasteiger partial charge in [-0.15, -0.1) is 0 Å². The van der Waals surface area contributed by atoms with Crippen molar-refractivity contribution in [3.63, 3.8) is 0 Å². The molecular weight excluding hydrogens is 420 g/mol. The average Bonchev–Trinajstić information content (AvgIpc) is 3.26. The molecule has 0 saturated carbocycles. The summed E-state index contributed by atoms with van der Waals surface area (Å²) < 4.78 is 16.5. The largest absolute Gasteiger partial charge is 0.493 e. The molecule has 162 valence electrons. The summed E-state index contributed by atoms with van der Waals surface area (Å²) in [5, 5.41) is 3.35. The van der Waals surface area contributed by atoms with Crippen LogP contribution in [0.15, 0.2) is 59.0 Å². The van der Waals surface area contributed by atoms with Crippen LogP contribution in [-0.2, 0) is 11.3 Å². The zero-order chi connectivity index (χ0) is 22.4. The van der Waals surface area contributed by atoms with Gasteiger partial charge in [-0.2, -0.15) is 0 Å². The molecule has 0 atom stereocenters. The number of ether oxygens (including phenoxy) is 2. The van der Waals surface area contributed by atoms with E-state index < -0.39 is 0 Å². The van der Waals surface area contributed by atoms with E-state index in [1.54, 1.807) is 50.5 Å². The van der Waals surface area contributed by atoms with E-state index in [4.69, 9.17) is 25.5 Å². The van der Waals surface area contributed by atoms with Gasteiger partial charge in [0.25, 0.3) is 11.8 Å². The lowest BCUT2D eigenvalue weighted by atomic mass is 10.2. The Hall–Kier alpha value is -3.45. The summed E-state index contributed by atoms with van der Waals surface area (Å²) in [6.07, 6.45) is 0. The minimum atomic E-state index is -0.353. The number of carbonyl (C=O) groups excluding carboxylic acids is 2. The molecule has 1 aromatic heterocycles. The summed E-state index contributed by atoms with van der Waals surface area (Å²) in [6, 6.07) is 15.8. The lowest BCUT2D eigenvalue weighted by Crippen LogP contribution is -2.27. The van der Waals surface area contributed by atoms with Gasteiger partial charge in [-0.25, -0.2) is 0 Å². The van der Waals surface area contributed by atoms with E-state index in [1.807, 2.05) is 18.2 Å². The van der Waals surface area contributed by atoms with E-state index in [-0.39, 0.29) is 30.7 Å². The number of rotatable bonds is 8. The molecule has 1 N–H and O–H groups in total. The van der Waals surface area contributed by atoms with Crippen molar-refractivity contribution in [3.8, 4) is 22.8 Å². The van der Waals surface area contributed by atoms with Gasteiger partial charge in [0.1, 0.15) is 5.76 Å². The number of methoxy groups -OCH3 is 1. The van der Waals surface area contributed by atoms with Gasteiger partial charge in [0.05, 0.1) is 12.1 Å². The van der Waals surface area contributed by atoms with Crippen LogP contribution in [0.1, 0.15) is 16.1 Å². The topological polar surface area (TPSA) is 81.0 Å². The van der Waals surface area contributed by atoms with Crippen LogP contribution in [0.3, 0.4) is 0 Å². The molecule has 0 bridgehead atoms. The van der Waals surface area contributed by atoms with Crippen LogP contribution >= 0.6 is 11.6 Å². The maximum atomic E-state index is 12.5. The minimum absolute atomic E-state index is 0.0916. The fourth-order valence-corrected chi connectivity index (χ4v) is 2.97. The molecule has 0 unspecified atom stereocenters. The van der Waals surface area contributed by atoms with Crippen LogP contribution in [0, 0.1) is 0 Å². The van der Waals surface area contributed by atoms with Crippen molar-refractivity contribution in [3.05, 3.63) is 70.9 Å². The highest BCUT2D eigenvalue weighted by atomic mass is 35.5. The SMILES string of the molecule is COc1cc(CNC(=O)c2ccc(-c3ccccc3Cl)o2)ccc1OCC(=O)N(C)C. The maximum Gasteiger partial charge on any atom is 0.287 e. The number of hydrogen-bond donors (Lipinski definition) is 1. The molecule has 7 nitrogen and oxygen atoms in total. The molecule has 0 radical (unpaired) electrons. The Morgan fingerprint density at radius 1 is 1.06 bits per heavy atom. The van der Waals surface area contributed by atoms with E-state index in [0.717, 1.165) is 11.1 Å². The Labute approximate surface area is 185 Å². The number of amides is 2. The standard InChI is InChI=1S/C23H23ClN2O5/c1-26(2)22(27)14-30-19-9-8-15(12-21(19)29-3)13-25-23(28)20-11-10-18(31-20)16-6-4-5-7-17(16)24/h4-12H,13-14H2,1-3H3,(H,25,28). The summed E-state index contributed by atoms with van der Waals surface area (Å²) in [6.45, 7) is 0.167. The molecule has 3 aromatic rings. The third-order valence-corrected chi connectivity index (χ3v) is 4.83. The Kier molecular flexibility index (Phi) is 7.20. The zero-order valence-corrected chi connectivity index (χ0v) is 18.2. The van der Waals surface area contributed by atoms with E-state index in [9.17, 15) is 9.59 Å². The quantitative estimate of drug-likeness (QED) is 0.570. The van der Waals surface area contributed by atoms with Gasteiger partial charge >= 0.3 is 0 Å². The highest BCUT2D eigenvalue weighted by Crippen LogP contribution is 2.30. The van der Waals surface area contributed by atoms with Crippen LogP contribution in [-0.4, -0.2) is 44.5 Å². The zero-order valence-electron chi connectivity index (χ0n) is 17.5. The number of halogens is 1. The number of nitrogens with zero attached hydrogens (tertiary/aromatic N) is 1. The Balaban J connectivity index is 1.62. The van der Waals surface area contributed by atoms with Crippen molar-refractivity contribution in [1.82, 2.24) is 10.2 Å². The molecule has 0 spiro atoms.